The maximum atomic E-state index is 14.0. The van der Waals surface area contributed by atoms with Crippen LogP contribution in [0.3, 0.4) is 0 Å². The van der Waals surface area contributed by atoms with Gasteiger partial charge in [-0.3, -0.25) is 9.78 Å². The molecule has 8 nitrogen and oxygen atoms in total. The van der Waals surface area contributed by atoms with Crippen LogP contribution in [0, 0.1) is 0 Å². The zero-order valence-electron chi connectivity index (χ0n) is 17.1. The van der Waals surface area contributed by atoms with Crippen molar-refractivity contribution in [3.8, 4) is 11.4 Å². The first kappa shape index (κ1) is 21.9. The van der Waals surface area contributed by atoms with Crippen LogP contribution in [0.25, 0.3) is 17.0 Å². The molecule has 0 saturated carbocycles. The molecule has 0 aliphatic rings. The number of imidazole rings is 1. The van der Waals surface area contributed by atoms with Gasteiger partial charge >= 0.3 is 0 Å². The Bertz CT molecular complexity index is 1060. The molecule has 3 aromatic rings. The van der Waals surface area contributed by atoms with Crippen LogP contribution in [0.5, 0.6) is 0 Å². The number of halogens is 2. The minimum atomic E-state index is -1.61. The number of alkyl halides is 1. The summed E-state index contributed by atoms with van der Waals surface area (Å²) in [6, 6.07) is 3.44. The Kier molecular flexibility index (Phi) is 6.23. The van der Waals surface area contributed by atoms with E-state index >= 15 is 0 Å². The monoisotopic (exact) mass is 434 g/mol. The van der Waals surface area contributed by atoms with Gasteiger partial charge in [-0.2, -0.15) is 5.10 Å². The molecule has 10 heteroatoms. The van der Waals surface area contributed by atoms with Gasteiger partial charge in [0.15, 0.2) is 5.65 Å². The fraction of sp³-hybridized carbons (Fsp3) is 0.400. The van der Waals surface area contributed by atoms with Crippen molar-refractivity contribution in [1.82, 2.24) is 24.9 Å². The van der Waals surface area contributed by atoms with Gasteiger partial charge in [-0.15, -0.1) is 0 Å². The highest BCUT2D eigenvalue weighted by molar-refractivity contribution is 6.30. The van der Waals surface area contributed by atoms with E-state index in [1.165, 1.54) is 26.2 Å². The second-order valence-electron chi connectivity index (χ2n) is 7.83. The van der Waals surface area contributed by atoms with Crippen molar-refractivity contribution < 1.29 is 14.3 Å². The van der Waals surface area contributed by atoms with Gasteiger partial charge in [-0.1, -0.05) is 11.6 Å². The Morgan fingerprint density at radius 3 is 2.67 bits per heavy atom. The SMILES string of the molecule is CC(C)Nc1cc(-c2cnc3cc(Cl)cnn23)ncc1C(=O)NCC(F)C(C)(C)O. The molecule has 0 bridgehead atoms. The van der Waals surface area contributed by atoms with E-state index in [9.17, 15) is 14.3 Å². The molecule has 0 saturated heterocycles. The van der Waals surface area contributed by atoms with Gasteiger partial charge in [-0.05, 0) is 33.8 Å². The van der Waals surface area contributed by atoms with Gasteiger partial charge in [-0.25, -0.2) is 13.9 Å². The quantitative estimate of drug-likeness (QED) is 0.527. The van der Waals surface area contributed by atoms with Crippen LogP contribution < -0.4 is 10.6 Å². The molecule has 1 amide bonds. The standard InChI is InChI=1S/C20H24ClFN6O2/c1-11(2)27-14-6-15(16-9-24-18-5-12(21)7-26-28(16)18)23-8-13(14)19(29)25-10-17(22)20(3,4)30/h5-9,11,17,30H,10H2,1-4H3,(H,23,27)(H,25,29). The van der Waals surface area contributed by atoms with Crippen LogP contribution in [-0.4, -0.2) is 55.0 Å². The predicted octanol–water partition coefficient (Wildman–Crippen LogP) is 3.10. The van der Waals surface area contributed by atoms with Gasteiger partial charge in [0, 0.05) is 18.3 Å². The maximum absolute atomic E-state index is 14.0. The third-order valence-electron chi connectivity index (χ3n) is 4.39. The third-order valence-corrected chi connectivity index (χ3v) is 4.60. The lowest BCUT2D eigenvalue weighted by Crippen LogP contribution is -2.42. The summed E-state index contributed by atoms with van der Waals surface area (Å²) in [6.45, 7) is 6.26. The number of nitrogens with one attached hydrogen (secondary N) is 2. The zero-order chi connectivity index (χ0) is 22.1. The van der Waals surface area contributed by atoms with Crippen LogP contribution >= 0.6 is 11.6 Å². The van der Waals surface area contributed by atoms with E-state index in [1.54, 1.807) is 22.8 Å². The van der Waals surface area contributed by atoms with Crippen LogP contribution in [0.1, 0.15) is 38.1 Å². The average Bonchev–Trinajstić information content (AvgIpc) is 3.07. The van der Waals surface area contributed by atoms with E-state index in [1.807, 2.05) is 13.8 Å². The lowest BCUT2D eigenvalue weighted by atomic mass is 10.0. The Morgan fingerprint density at radius 2 is 2.00 bits per heavy atom. The number of rotatable bonds is 7. The predicted molar refractivity (Wildman–Crippen MR) is 114 cm³/mol. The average molecular weight is 435 g/mol. The van der Waals surface area contributed by atoms with Gasteiger partial charge in [0.2, 0.25) is 0 Å². The molecular weight excluding hydrogens is 411 g/mol. The van der Waals surface area contributed by atoms with Crippen molar-refractivity contribution in [3.63, 3.8) is 0 Å². The van der Waals surface area contributed by atoms with Gasteiger partial charge in [0.1, 0.15) is 11.9 Å². The summed E-state index contributed by atoms with van der Waals surface area (Å²) in [6.07, 6.45) is 2.94. The maximum Gasteiger partial charge on any atom is 0.255 e. The number of aromatic nitrogens is 4. The molecule has 0 aliphatic heterocycles. The number of anilines is 1. The van der Waals surface area contributed by atoms with Crippen molar-refractivity contribution >= 4 is 28.8 Å². The summed E-state index contributed by atoms with van der Waals surface area (Å²) in [5.74, 6) is -0.493. The van der Waals surface area contributed by atoms with Crippen LogP contribution in [-0.2, 0) is 0 Å². The first-order valence-corrected chi connectivity index (χ1v) is 9.85. The lowest BCUT2D eigenvalue weighted by molar-refractivity contribution is -0.00177. The number of pyridine rings is 1. The molecule has 0 fully saturated rings. The minimum Gasteiger partial charge on any atom is -0.387 e. The molecule has 160 valence electrons. The van der Waals surface area contributed by atoms with Crippen molar-refractivity contribution in [2.24, 2.45) is 0 Å². The van der Waals surface area contributed by atoms with Crippen molar-refractivity contribution in [1.29, 1.82) is 0 Å². The molecule has 0 radical (unpaired) electrons. The third kappa shape index (κ3) is 4.85. The van der Waals surface area contributed by atoms with E-state index in [0.717, 1.165) is 0 Å². The van der Waals surface area contributed by atoms with Crippen LogP contribution in [0.4, 0.5) is 10.1 Å². The highest BCUT2D eigenvalue weighted by Gasteiger charge is 2.27. The van der Waals surface area contributed by atoms with E-state index in [4.69, 9.17) is 11.6 Å². The molecule has 30 heavy (non-hydrogen) atoms. The van der Waals surface area contributed by atoms with E-state index in [0.29, 0.717) is 27.7 Å². The molecule has 1 unspecified atom stereocenters. The topological polar surface area (TPSA) is 104 Å². The number of hydrogen-bond donors (Lipinski definition) is 3. The largest absolute Gasteiger partial charge is 0.387 e. The van der Waals surface area contributed by atoms with Crippen molar-refractivity contribution in [3.05, 3.63) is 41.3 Å². The minimum absolute atomic E-state index is 0.0382. The normalized spacial score (nSPS) is 12.9. The number of carbonyl (C=O) groups is 1. The molecule has 3 N–H and O–H groups in total. The molecule has 3 aromatic heterocycles. The first-order chi connectivity index (χ1) is 14.1. The van der Waals surface area contributed by atoms with Gasteiger partial charge in [0.05, 0.1) is 46.5 Å². The van der Waals surface area contributed by atoms with E-state index < -0.39 is 17.7 Å². The highest BCUT2D eigenvalue weighted by atomic mass is 35.5. The summed E-state index contributed by atoms with van der Waals surface area (Å²) in [7, 11) is 0. The number of amides is 1. The summed E-state index contributed by atoms with van der Waals surface area (Å²) in [5.41, 5.74) is 1.01. The van der Waals surface area contributed by atoms with E-state index in [2.05, 4.69) is 25.7 Å². The summed E-state index contributed by atoms with van der Waals surface area (Å²) >= 11 is 5.96. The second-order valence-corrected chi connectivity index (χ2v) is 8.27. The first-order valence-electron chi connectivity index (χ1n) is 9.47. The van der Waals surface area contributed by atoms with Crippen LogP contribution in [0.2, 0.25) is 5.02 Å². The summed E-state index contributed by atoms with van der Waals surface area (Å²) < 4.78 is 15.6. The van der Waals surface area contributed by atoms with Crippen molar-refractivity contribution in [2.45, 2.75) is 45.5 Å². The molecule has 1 atom stereocenters. The number of nitrogens with zero attached hydrogens (tertiary/aromatic N) is 4. The molecule has 0 aliphatic carbocycles. The lowest BCUT2D eigenvalue weighted by Gasteiger charge is -2.23. The number of hydrogen-bond acceptors (Lipinski definition) is 6. The molecular formula is C20H24ClFN6O2. The van der Waals surface area contributed by atoms with Gasteiger partial charge in [0.25, 0.3) is 5.91 Å². The smallest absolute Gasteiger partial charge is 0.255 e. The number of fused-ring (bicyclic) bond motifs is 1. The molecule has 0 aromatic carbocycles. The second kappa shape index (κ2) is 8.53. The highest BCUT2D eigenvalue weighted by Crippen LogP contribution is 2.25. The fourth-order valence-electron chi connectivity index (χ4n) is 2.76. The van der Waals surface area contributed by atoms with E-state index in [-0.39, 0.29) is 18.2 Å². The van der Waals surface area contributed by atoms with Crippen molar-refractivity contribution in [2.75, 3.05) is 11.9 Å². The number of aliphatic hydroxyl groups is 1. The Balaban J connectivity index is 1.92. The molecule has 3 heterocycles. The Morgan fingerprint density at radius 1 is 1.27 bits per heavy atom. The van der Waals surface area contributed by atoms with Crippen LogP contribution in [0.15, 0.2) is 30.7 Å². The molecule has 0 spiro atoms. The summed E-state index contributed by atoms with van der Waals surface area (Å²) in [5, 5.41) is 20.2. The Hall–Kier alpha value is -2.78. The zero-order valence-corrected chi connectivity index (χ0v) is 17.9. The number of carbonyl (C=O) groups excluding carboxylic acids is 1. The fourth-order valence-corrected chi connectivity index (χ4v) is 2.90. The molecule has 3 rings (SSSR count). The summed E-state index contributed by atoms with van der Waals surface area (Å²) in [4.78, 5) is 21.3. The Labute approximate surface area is 178 Å². The van der Waals surface area contributed by atoms with Gasteiger partial charge < -0.3 is 15.7 Å².